The Balaban J connectivity index is 2.95. The number of rotatable bonds is 4. The lowest BCUT2D eigenvalue weighted by atomic mass is 10.0. The third-order valence-corrected chi connectivity index (χ3v) is 2.47. The number of nitrogens with two attached hydrogens (primary N) is 1. The molecule has 0 aromatic heterocycles. The Morgan fingerprint density at radius 2 is 2.24 bits per heavy atom. The van der Waals surface area contributed by atoms with E-state index in [1.165, 1.54) is 13.2 Å². The Morgan fingerprint density at radius 3 is 2.76 bits per heavy atom. The molecule has 6 nitrogen and oxygen atoms in total. The average molecular weight is 238 g/mol. The zero-order chi connectivity index (χ0) is 13.0. The van der Waals surface area contributed by atoms with Crippen molar-refractivity contribution in [3.8, 4) is 0 Å². The van der Waals surface area contributed by atoms with Crippen LogP contribution in [0.2, 0.25) is 0 Å². The van der Waals surface area contributed by atoms with E-state index in [1.807, 2.05) is 0 Å². The highest BCUT2D eigenvalue weighted by Gasteiger charge is 2.17. The molecule has 2 N–H and O–H groups in total. The van der Waals surface area contributed by atoms with Gasteiger partial charge in [-0.25, -0.2) is 0 Å². The second-order valence-electron chi connectivity index (χ2n) is 3.69. The van der Waals surface area contributed by atoms with Gasteiger partial charge in [-0.3, -0.25) is 14.9 Å². The minimum atomic E-state index is -0.596. The van der Waals surface area contributed by atoms with E-state index in [-0.39, 0.29) is 12.1 Å². The fourth-order valence-corrected chi connectivity index (χ4v) is 1.43. The van der Waals surface area contributed by atoms with Crippen LogP contribution in [0.1, 0.15) is 23.6 Å². The van der Waals surface area contributed by atoms with Crippen molar-refractivity contribution in [3.63, 3.8) is 0 Å². The van der Waals surface area contributed by atoms with Crippen LogP contribution in [-0.2, 0) is 9.53 Å². The summed E-state index contributed by atoms with van der Waals surface area (Å²) in [7, 11) is 1.27. The van der Waals surface area contributed by atoms with E-state index in [9.17, 15) is 14.9 Å². The summed E-state index contributed by atoms with van der Waals surface area (Å²) in [5.74, 6) is -0.444. The van der Waals surface area contributed by atoms with E-state index in [2.05, 4.69) is 4.74 Å². The van der Waals surface area contributed by atoms with Gasteiger partial charge in [-0.15, -0.1) is 0 Å². The van der Waals surface area contributed by atoms with Crippen LogP contribution < -0.4 is 5.73 Å². The Hall–Kier alpha value is -1.95. The minimum absolute atomic E-state index is 0.00261. The summed E-state index contributed by atoms with van der Waals surface area (Å²) in [4.78, 5) is 21.3. The molecule has 6 heteroatoms. The molecule has 0 spiro atoms. The van der Waals surface area contributed by atoms with Crippen LogP contribution in [0, 0.1) is 17.0 Å². The highest BCUT2D eigenvalue weighted by molar-refractivity contribution is 5.70. The van der Waals surface area contributed by atoms with Gasteiger partial charge in [-0.1, -0.05) is 12.1 Å². The molecular weight excluding hydrogens is 224 g/mol. The number of carbonyl (C=O) groups excluding carboxylic acids is 1. The SMILES string of the molecule is COC(=O)C[C@@H](N)c1ccc(C)c([N+](=O)[O-])c1. The zero-order valence-electron chi connectivity index (χ0n) is 9.67. The standard InChI is InChI=1S/C11H14N2O4/c1-7-3-4-8(5-10(7)13(15)16)9(12)6-11(14)17-2/h3-5,9H,6,12H2,1-2H3/t9-/m1/s1. The van der Waals surface area contributed by atoms with E-state index in [0.29, 0.717) is 11.1 Å². The van der Waals surface area contributed by atoms with Gasteiger partial charge in [0.15, 0.2) is 0 Å². The lowest BCUT2D eigenvalue weighted by molar-refractivity contribution is -0.385. The van der Waals surface area contributed by atoms with Crippen LogP contribution in [0.3, 0.4) is 0 Å². The fraction of sp³-hybridized carbons (Fsp3) is 0.364. The van der Waals surface area contributed by atoms with Gasteiger partial charge in [0.05, 0.1) is 18.5 Å². The van der Waals surface area contributed by atoms with E-state index in [0.717, 1.165) is 0 Å². The van der Waals surface area contributed by atoms with Gasteiger partial charge in [-0.05, 0) is 12.5 Å². The molecule has 0 aliphatic rings. The van der Waals surface area contributed by atoms with Crippen LogP contribution in [-0.4, -0.2) is 18.0 Å². The summed E-state index contributed by atoms with van der Waals surface area (Å²) in [6.45, 7) is 1.65. The number of hydrogen-bond donors (Lipinski definition) is 1. The second-order valence-corrected chi connectivity index (χ2v) is 3.69. The molecule has 1 rings (SSSR count). The maximum Gasteiger partial charge on any atom is 0.307 e. The third-order valence-electron chi connectivity index (χ3n) is 2.47. The van der Waals surface area contributed by atoms with Crippen LogP contribution in [0.25, 0.3) is 0 Å². The predicted octanol–water partition coefficient (Wildman–Crippen LogP) is 1.47. The van der Waals surface area contributed by atoms with Gasteiger partial charge >= 0.3 is 5.97 Å². The lowest BCUT2D eigenvalue weighted by Gasteiger charge is -2.10. The van der Waals surface area contributed by atoms with E-state index >= 15 is 0 Å². The van der Waals surface area contributed by atoms with Crippen molar-refractivity contribution in [1.29, 1.82) is 0 Å². The van der Waals surface area contributed by atoms with Gasteiger partial charge in [0.1, 0.15) is 0 Å². The Morgan fingerprint density at radius 1 is 1.59 bits per heavy atom. The molecule has 0 aliphatic carbocycles. The highest BCUT2D eigenvalue weighted by atomic mass is 16.6. The minimum Gasteiger partial charge on any atom is -0.469 e. The molecule has 0 unspecified atom stereocenters. The maximum absolute atomic E-state index is 11.0. The molecular formula is C11H14N2O4. The predicted molar refractivity (Wildman–Crippen MR) is 61.4 cm³/mol. The molecule has 1 aromatic rings. The first-order chi connectivity index (χ1) is 7.95. The molecule has 0 aliphatic heterocycles. The summed E-state index contributed by atoms with van der Waals surface area (Å²) in [5.41, 5.74) is 6.88. The number of nitro benzene ring substituents is 1. The third kappa shape index (κ3) is 3.25. The molecule has 1 atom stereocenters. The number of hydrogen-bond acceptors (Lipinski definition) is 5. The average Bonchev–Trinajstić information content (AvgIpc) is 2.28. The summed E-state index contributed by atoms with van der Waals surface area (Å²) in [6.07, 6.45) is -0.00326. The van der Waals surface area contributed by atoms with Crippen LogP contribution in [0.15, 0.2) is 18.2 Å². The van der Waals surface area contributed by atoms with Crippen LogP contribution >= 0.6 is 0 Å². The van der Waals surface area contributed by atoms with Gasteiger partial charge < -0.3 is 10.5 Å². The summed E-state index contributed by atoms with van der Waals surface area (Å²) in [6, 6.07) is 4.09. The number of benzene rings is 1. The highest BCUT2D eigenvalue weighted by Crippen LogP contribution is 2.23. The van der Waals surface area contributed by atoms with Gasteiger partial charge in [0.25, 0.3) is 5.69 Å². The maximum atomic E-state index is 11.0. The number of methoxy groups -OCH3 is 1. The summed E-state index contributed by atoms with van der Waals surface area (Å²) in [5, 5.41) is 10.7. The van der Waals surface area contributed by atoms with Gasteiger partial charge in [0, 0.05) is 17.7 Å². The molecule has 0 amide bonds. The van der Waals surface area contributed by atoms with E-state index < -0.39 is 16.9 Å². The number of carbonyl (C=O) groups is 1. The van der Waals surface area contributed by atoms with Gasteiger partial charge in [-0.2, -0.15) is 0 Å². The Labute approximate surface area is 98.5 Å². The molecule has 0 fully saturated rings. The number of esters is 1. The first-order valence-electron chi connectivity index (χ1n) is 5.03. The quantitative estimate of drug-likeness (QED) is 0.486. The van der Waals surface area contributed by atoms with Crippen molar-refractivity contribution in [2.24, 2.45) is 5.73 Å². The van der Waals surface area contributed by atoms with Crippen molar-refractivity contribution < 1.29 is 14.5 Å². The molecule has 0 saturated carbocycles. The molecule has 92 valence electrons. The molecule has 0 heterocycles. The Kier molecular flexibility index (Phi) is 4.17. The lowest BCUT2D eigenvalue weighted by Crippen LogP contribution is -2.16. The number of ether oxygens (including phenoxy) is 1. The number of nitro groups is 1. The zero-order valence-corrected chi connectivity index (χ0v) is 9.67. The smallest absolute Gasteiger partial charge is 0.307 e. The second kappa shape index (κ2) is 5.40. The summed E-state index contributed by atoms with van der Waals surface area (Å²) >= 11 is 0. The van der Waals surface area contributed by atoms with Crippen LogP contribution in [0.4, 0.5) is 5.69 Å². The topological polar surface area (TPSA) is 95.5 Å². The van der Waals surface area contributed by atoms with Gasteiger partial charge in [0.2, 0.25) is 0 Å². The first-order valence-corrected chi connectivity index (χ1v) is 5.03. The molecule has 1 aromatic carbocycles. The number of aryl methyl sites for hydroxylation is 1. The largest absolute Gasteiger partial charge is 0.469 e. The number of nitrogens with zero attached hydrogens (tertiary/aromatic N) is 1. The Bertz CT molecular complexity index is 445. The van der Waals surface area contributed by atoms with E-state index in [1.54, 1.807) is 19.1 Å². The first kappa shape index (κ1) is 13.1. The fourth-order valence-electron chi connectivity index (χ4n) is 1.43. The molecule has 0 saturated heterocycles. The van der Waals surface area contributed by atoms with Crippen LogP contribution in [0.5, 0.6) is 0 Å². The van der Waals surface area contributed by atoms with Crippen molar-refractivity contribution in [2.45, 2.75) is 19.4 Å². The van der Waals surface area contributed by atoms with E-state index in [4.69, 9.17) is 5.73 Å². The summed E-state index contributed by atoms with van der Waals surface area (Å²) < 4.78 is 4.49. The molecule has 0 bridgehead atoms. The monoisotopic (exact) mass is 238 g/mol. The van der Waals surface area contributed by atoms with Crippen molar-refractivity contribution >= 4 is 11.7 Å². The normalized spacial score (nSPS) is 11.9. The molecule has 17 heavy (non-hydrogen) atoms. The van der Waals surface area contributed by atoms with Crippen molar-refractivity contribution in [2.75, 3.05) is 7.11 Å². The molecule has 0 radical (unpaired) electrons. The van der Waals surface area contributed by atoms with Crippen molar-refractivity contribution in [3.05, 3.63) is 39.4 Å². The van der Waals surface area contributed by atoms with Crippen molar-refractivity contribution in [1.82, 2.24) is 0 Å².